The minimum Gasteiger partial charge on any atom is -0.741 e. The Balaban J connectivity index is 0.000000428. The number of alkyl halides is 9. The number of nitrogens with zero attached hydrogens (tertiary/aromatic N) is 10. The first-order valence-corrected chi connectivity index (χ1v) is 25.3. The summed E-state index contributed by atoms with van der Waals surface area (Å²) < 4.78 is 192. The van der Waals surface area contributed by atoms with E-state index >= 15 is 0 Å². The van der Waals surface area contributed by atoms with E-state index in [2.05, 4.69) is 125 Å². The first-order valence-electron chi connectivity index (χ1n) is 19.8. The molecule has 9 rings (SSSR count). The maximum atomic E-state index is 10.7. The first kappa shape index (κ1) is 61.2. The van der Waals surface area contributed by atoms with Crippen molar-refractivity contribution in [3.05, 3.63) is 90.3 Å². The third kappa shape index (κ3) is 14.1. The number of benzene rings is 3. The molecule has 19 nitrogen and oxygen atoms in total. The molecular formula is C39H42F9N10O9PS3. The Hall–Kier alpha value is -5.97. The molecule has 6 aromatic rings. The van der Waals surface area contributed by atoms with E-state index in [-0.39, 0.29) is 0 Å². The number of nitriles is 3. The predicted octanol–water partition coefficient (Wildman–Crippen LogP) is 6.22. The molecule has 0 fully saturated rings. The minimum absolute atomic E-state index is 0.928. The third-order valence-electron chi connectivity index (χ3n) is 9.30. The van der Waals surface area contributed by atoms with Crippen LogP contribution in [0.4, 0.5) is 39.5 Å². The van der Waals surface area contributed by atoms with Crippen molar-refractivity contribution >= 4 is 71.8 Å². The lowest BCUT2D eigenvalue weighted by Gasteiger charge is -2.26. The van der Waals surface area contributed by atoms with E-state index in [1.165, 1.54) is 71.3 Å². The maximum Gasteiger partial charge on any atom is 0.533 e. The second-order valence-corrected chi connectivity index (χ2v) is 19.5. The van der Waals surface area contributed by atoms with Gasteiger partial charge in [0.25, 0.3) is 17.5 Å². The molecule has 3 aliphatic heterocycles. The van der Waals surface area contributed by atoms with E-state index in [1.807, 2.05) is 0 Å². The van der Waals surface area contributed by atoms with E-state index in [0.29, 0.717) is 0 Å². The lowest BCUT2D eigenvalue weighted by Crippen LogP contribution is -2.48. The van der Waals surface area contributed by atoms with Gasteiger partial charge in [0, 0.05) is 20.8 Å². The van der Waals surface area contributed by atoms with Crippen LogP contribution < -0.4 is 13.7 Å². The summed E-state index contributed by atoms with van der Waals surface area (Å²) in [7, 11) is -19.3. The monoisotopic (exact) mass is 1090 g/mol. The Morgan fingerprint density at radius 2 is 0.676 bits per heavy atom. The summed E-state index contributed by atoms with van der Waals surface area (Å²) in [5.74, 6) is 4.20. The predicted molar refractivity (Wildman–Crippen MR) is 231 cm³/mol. The van der Waals surface area contributed by atoms with Gasteiger partial charge in [-0.3, -0.25) is 4.90 Å². The second kappa shape index (κ2) is 24.4. The summed E-state index contributed by atoms with van der Waals surface area (Å²) in [4.78, 5) is 2.66. The zero-order valence-electron chi connectivity index (χ0n) is 37.9. The largest absolute Gasteiger partial charge is 0.741 e. The number of aromatic nitrogens is 6. The van der Waals surface area contributed by atoms with Gasteiger partial charge in [-0.05, 0) is 57.2 Å². The molecule has 2 bridgehead atoms. The fourth-order valence-electron chi connectivity index (χ4n) is 6.94. The van der Waals surface area contributed by atoms with Crippen LogP contribution in [-0.4, -0.2) is 73.3 Å². The van der Waals surface area contributed by atoms with Gasteiger partial charge in [-0.1, -0.05) is 36.4 Å². The number of halogens is 9. The highest BCUT2D eigenvalue weighted by Gasteiger charge is 2.53. The highest BCUT2D eigenvalue weighted by molar-refractivity contribution is 7.87. The van der Waals surface area contributed by atoms with Gasteiger partial charge in [-0.2, -0.15) is 55.3 Å². The van der Waals surface area contributed by atoms with Gasteiger partial charge < -0.3 is 13.7 Å². The van der Waals surface area contributed by atoms with Crippen molar-refractivity contribution in [2.75, 3.05) is 0 Å². The fourth-order valence-corrected chi connectivity index (χ4v) is 9.70. The molecule has 0 aliphatic carbocycles. The first-order chi connectivity index (χ1) is 32.7. The number of aryl methyl sites for hydroxylation is 3. The maximum absolute atomic E-state index is 10.7. The zero-order valence-corrected chi connectivity index (χ0v) is 41.2. The molecule has 0 spiro atoms. The minimum atomic E-state index is -6.09. The van der Waals surface area contributed by atoms with Gasteiger partial charge in [0.05, 0.1) is 37.8 Å². The molecule has 0 saturated carbocycles. The van der Waals surface area contributed by atoms with E-state index in [0.717, 1.165) is 39.3 Å². The van der Waals surface area contributed by atoms with E-state index in [1.54, 1.807) is 18.2 Å². The Morgan fingerprint density at radius 1 is 0.493 bits per heavy atom. The van der Waals surface area contributed by atoms with Gasteiger partial charge in [-0.25, -0.2) is 39.0 Å². The quantitative estimate of drug-likeness (QED) is 0.0627. The topological polar surface area (TPSA) is 273 Å². The van der Waals surface area contributed by atoms with Crippen LogP contribution in [0, 0.1) is 34.0 Å². The van der Waals surface area contributed by atoms with Gasteiger partial charge in [0.15, 0.2) is 63.5 Å². The second-order valence-electron chi connectivity index (χ2n) is 13.7. The Bertz CT molecular complexity index is 2960. The standard InChI is InChI=1S/C30H33N7P.3C2H3N.3CHF3O3S/c1-4-32-22-13-7-10-16-25(22)35-28(32)19-31-20-29-33(5-2)23-14-8-11-17-26(23)36(29)38(35)37-27-18-12-9-15-24(27)34(6-3)30(37)21-31;3*1-2-3;3*2-1(3,4)8(5,6)7/h7-18H,4-6,19-21H2,1-3H3;3*1H3;3*(H,5,6,7)/q+3;;;;;;/p-3. The molecule has 0 saturated heterocycles. The lowest BCUT2D eigenvalue weighted by molar-refractivity contribution is -0.682. The van der Waals surface area contributed by atoms with Crippen LogP contribution in [0.2, 0.25) is 0 Å². The smallest absolute Gasteiger partial charge is 0.533 e. The SMILES string of the molecule is CC#N.CC#N.CC#N.CC[n+]1c2n(c3ccccc31)P1n3c([n+](CC)c4ccccc43)CN(C2)Cc2n1c1ccccc1[n+]2CC.O=S(=O)([O-])C(F)(F)F.O=S(=O)([O-])C(F)(F)F.O=S(=O)([O-])C(F)(F)F. The van der Waals surface area contributed by atoms with Crippen molar-refractivity contribution in [1.29, 1.82) is 15.8 Å². The Kier molecular flexibility index (Phi) is 21.0. The van der Waals surface area contributed by atoms with Gasteiger partial charge in [0.1, 0.15) is 19.6 Å². The molecule has 3 aliphatic rings. The lowest BCUT2D eigenvalue weighted by atomic mass is 10.3. The molecule has 0 radical (unpaired) electrons. The highest BCUT2D eigenvalue weighted by atomic mass is 32.2. The van der Waals surface area contributed by atoms with Gasteiger partial charge in [0.2, 0.25) is 0 Å². The van der Waals surface area contributed by atoms with Crippen LogP contribution in [0.25, 0.3) is 33.1 Å². The molecule has 0 amide bonds. The molecule has 0 unspecified atom stereocenters. The zero-order chi connectivity index (χ0) is 54.7. The van der Waals surface area contributed by atoms with Gasteiger partial charge in [-0.15, -0.1) is 13.0 Å². The third-order valence-corrected chi connectivity index (χ3v) is 13.4. The summed E-state index contributed by atoms with van der Waals surface area (Å²) >= 11 is 0. The molecule has 0 atom stereocenters. The number of imidazole rings is 3. The summed E-state index contributed by atoms with van der Waals surface area (Å²) in [6.45, 7) is 16.8. The van der Waals surface area contributed by atoms with Crippen LogP contribution in [-0.2, 0) is 69.6 Å². The summed E-state index contributed by atoms with van der Waals surface area (Å²) in [6, 6.07) is 32.3. The van der Waals surface area contributed by atoms with Crippen molar-refractivity contribution in [3.63, 3.8) is 0 Å². The van der Waals surface area contributed by atoms with Crippen molar-refractivity contribution in [3.8, 4) is 18.2 Å². The van der Waals surface area contributed by atoms with Crippen LogP contribution in [0.5, 0.6) is 0 Å². The van der Waals surface area contributed by atoms with E-state index in [9.17, 15) is 39.5 Å². The summed E-state index contributed by atoms with van der Waals surface area (Å²) in [5, 5.41) is 22.0. The number of rotatable bonds is 3. The average molecular weight is 1090 g/mol. The van der Waals surface area contributed by atoms with Crippen molar-refractivity contribution in [2.24, 2.45) is 0 Å². The fraction of sp³-hybridized carbons (Fsp3) is 0.385. The number of hydrogen-bond acceptors (Lipinski definition) is 13. The molecule has 32 heteroatoms. The van der Waals surface area contributed by atoms with Crippen LogP contribution in [0.15, 0.2) is 72.8 Å². The van der Waals surface area contributed by atoms with Crippen LogP contribution in [0.3, 0.4) is 0 Å². The Morgan fingerprint density at radius 3 is 0.845 bits per heavy atom. The van der Waals surface area contributed by atoms with Crippen LogP contribution >= 0.6 is 8.37 Å². The molecule has 3 aromatic heterocycles. The van der Waals surface area contributed by atoms with Crippen molar-refractivity contribution in [1.82, 2.24) is 17.9 Å². The van der Waals surface area contributed by atoms with Gasteiger partial charge >= 0.3 is 24.9 Å². The molecule has 0 N–H and O–H groups in total. The molecule has 388 valence electrons. The summed E-state index contributed by atoms with van der Waals surface area (Å²) in [6.07, 6.45) is 0. The highest BCUT2D eigenvalue weighted by Crippen LogP contribution is 2.52. The van der Waals surface area contributed by atoms with Crippen LogP contribution in [0.1, 0.15) is 59.0 Å². The molecule has 3 aromatic carbocycles. The Labute approximate surface area is 402 Å². The molecular weight excluding hydrogens is 1050 g/mol. The van der Waals surface area contributed by atoms with Crippen molar-refractivity contribution in [2.45, 2.75) is 97.3 Å². The number of para-hydroxylation sites is 6. The number of fused-ring (bicyclic) bond motifs is 3. The van der Waals surface area contributed by atoms with E-state index in [4.69, 9.17) is 54.7 Å². The molecule has 6 heterocycles. The van der Waals surface area contributed by atoms with E-state index < -0.39 is 55.3 Å². The summed E-state index contributed by atoms with van der Waals surface area (Å²) in [5.41, 5.74) is -9.02. The average Bonchev–Trinajstić information content (AvgIpc) is 3.82. The molecule has 71 heavy (non-hydrogen) atoms. The van der Waals surface area contributed by atoms with Crippen molar-refractivity contribution < 1.29 is 92.1 Å². The normalized spacial score (nSPS) is 14.9. The number of hydrogen-bond donors (Lipinski definition) is 0.